The van der Waals surface area contributed by atoms with E-state index in [1.165, 1.54) is 48.4 Å². The zero-order valence-electron chi connectivity index (χ0n) is 27.4. The number of aromatic nitrogens is 4. The van der Waals surface area contributed by atoms with Crippen molar-refractivity contribution in [3.63, 3.8) is 0 Å². The number of para-hydroxylation sites is 3. The predicted octanol–water partition coefficient (Wildman–Crippen LogP) is 12.4. The van der Waals surface area contributed by atoms with Crippen LogP contribution >= 0.6 is 11.3 Å². The third kappa shape index (κ3) is 4.19. The van der Waals surface area contributed by atoms with Gasteiger partial charge >= 0.3 is 0 Å². The Morgan fingerprint density at radius 1 is 0.431 bits per heavy atom. The maximum atomic E-state index is 5.51. The summed E-state index contributed by atoms with van der Waals surface area (Å²) in [5.41, 5.74) is 10.0. The number of hydrogen-bond donors (Lipinski definition) is 0. The Kier molecular flexibility index (Phi) is 6.09. The van der Waals surface area contributed by atoms with Gasteiger partial charge in [-0.25, -0.2) is 9.97 Å². The highest BCUT2D eigenvalue weighted by molar-refractivity contribution is 7.26. The molecule has 0 bridgehead atoms. The van der Waals surface area contributed by atoms with Crippen molar-refractivity contribution >= 4 is 75.3 Å². The fraction of sp³-hybridized carbons (Fsp3) is 0. The summed E-state index contributed by atoms with van der Waals surface area (Å²) >= 11 is 1.76. The molecular formula is C46H28N4S. The molecule has 11 rings (SSSR count). The predicted molar refractivity (Wildman–Crippen MR) is 214 cm³/mol. The van der Waals surface area contributed by atoms with E-state index in [-0.39, 0.29) is 0 Å². The van der Waals surface area contributed by atoms with Crippen molar-refractivity contribution in [1.29, 1.82) is 0 Å². The van der Waals surface area contributed by atoms with Gasteiger partial charge in [0.1, 0.15) is 0 Å². The molecule has 0 unspecified atom stereocenters. The van der Waals surface area contributed by atoms with Crippen LogP contribution in [0.15, 0.2) is 170 Å². The van der Waals surface area contributed by atoms with Gasteiger partial charge in [-0.15, -0.1) is 11.3 Å². The van der Waals surface area contributed by atoms with Crippen molar-refractivity contribution in [2.75, 3.05) is 0 Å². The summed E-state index contributed by atoms with van der Waals surface area (Å²) in [5.74, 6) is 1.60. The lowest BCUT2D eigenvalue weighted by Gasteiger charge is -2.13. The highest BCUT2D eigenvalue weighted by Gasteiger charge is 2.22. The molecule has 51 heavy (non-hydrogen) atoms. The molecule has 238 valence electrons. The fourth-order valence-corrected chi connectivity index (χ4v) is 9.07. The van der Waals surface area contributed by atoms with Crippen molar-refractivity contribution in [1.82, 2.24) is 19.1 Å². The first-order valence-corrected chi connectivity index (χ1v) is 18.0. The summed E-state index contributed by atoms with van der Waals surface area (Å²) in [7, 11) is 0. The zero-order chi connectivity index (χ0) is 33.5. The van der Waals surface area contributed by atoms with Gasteiger partial charge in [0.2, 0.25) is 0 Å². The molecule has 5 heteroatoms. The summed E-state index contributed by atoms with van der Waals surface area (Å²) in [6.07, 6.45) is 0. The second-order valence-electron chi connectivity index (χ2n) is 13.0. The summed E-state index contributed by atoms with van der Waals surface area (Å²) in [6, 6.07) is 60.5. The Bertz CT molecular complexity index is 3090. The van der Waals surface area contributed by atoms with Crippen LogP contribution in [0.3, 0.4) is 0 Å². The van der Waals surface area contributed by atoms with Crippen LogP contribution in [0, 0.1) is 0 Å². The fourth-order valence-electron chi connectivity index (χ4n) is 7.95. The summed E-state index contributed by atoms with van der Waals surface area (Å²) < 4.78 is 6.99. The van der Waals surface area contributed by atoms with Crippen molar-refractivity contribution < 1.29 is 0 Å². The maximum Gasteiger partial charge on any atom is 0.162 e. The van der Waals surface area contributed by atoms with Gasteiger partial charge in [-0.2, -0.15) is 0 Å². The van der Waals surface area contributed by atoms with Crippen LogP contribution in [0.2, 0.25) is 0 Å². The lowest BCUT2D eigenvalue weighted by Crippen LogP contribution is -2.02. The highest BCUT2D eigenvalue weighted by Crippen LogP contribution is 2.43. The van der Waals surface area contributed by atoms with E-state index >= 15 is 0 Å². The number of hydrogen-bond acceptors (Lipinski definition) is 3. The van der Waals surface area contributed by atoms with Gasteiger partial charge in [-0.1, -0.05) is 127 Å². The Balaban J connectivity index is 1.21. The molecule has 4 nitrogen and oxygen atoms in total. The second kappa shape index (κ2) is 11.0. The lowest BCUT2D eigenvalue weighted by atomic mass is 9.99. The first-order valence-electron chi connectivity index (χ1n) is 17.2. The van der Waals surface area contributed by atoms with Gasteiger partial charge in [0, 0.05) is 42.9 Å². The molecule has 0 radical (unpaired) electrons. The Hall–Kier alpha value is -6.56. The standard InChI is InChI=1S/C46H28N4S/c1-2-14-29(15-3-1)32-22-13-26-40-42(32)35-20-6-10-25-39(35)50(40)46-44-43(36-21-7-11-27-41(36)51-44)47-45(48-46)30-16-12-17-31(28-30)49-37-23-8-4-18-33(37)34-19-5-9-24-38(34)49/h1-28H. The van der Waals surface area contributed by atoms with E-state index in [1.807, 2.05) is 0 Å². The molecule has 0 saturated carbocycles. The quantitative estimate of drug-likeness (QED) is 0.187. The summed E-state index contributed by atoms with van der Waals surface area (Å²) in [6.45, 7) is 0. The van der Waals surface area contributed by atoms with Crippen molar-refractivity contribution in [2.45, 2.75) is 0 Å². The molecule has 0 atom stereocenters. The van der Waals surface area contributed by atoms with Crippen LogP contribution in [0.25, 0.3) is 97.9 Å². The third-order valence-corrected chi connectivity index (χ3v) is 11.3. The molecule has 0 fully saturated rings. The van der Waals surface area contributed by atoms with Gasteiger partial charge in [0.05, 0.1) is 32.3 Å². The van der Waals surface area contributed by atoms with Crippen molar-refractivity contribution in [3.05, 3.63) is 170 Å². The molecule has 7 aromatic carbocycles. The number of nitrogens with zero attached hydrogens (tertiary/aromatic N) is 4. The van der Waals surface area contributed by atoms with Gasteiger partial charge in [0.15, 0.2) is 11.6 Å². The average Bonchev–Trinajstić information content (AvgIpc) is 3.86. The average molecular weight is 669 g/mol. The van der Waals surface area contributed by atoms with Gasteiger partial charge in [-0.05, 0) is 53.6 Å². The number of thiophene rings is 1. The van der Waals surface area contributed by atoms with E-state index in [0.29, 0.717) is 5.82 Å². The monoisotopic (exact) mass is 668 g/mol. The third-order valence-electron chi connectivity index (χ3n) is 10.1. The van der Waals surface area contributed by atoms with Gasteiger partial charge in [0.25, 0.3) is 0 Å². The van der Waals surface area contributed by atoms with Crippen LogP contribution < -0.4 is 0 Å². The van der Waals surface area contributed by atoms with Crippen LogP contribution in [-0.2, 0) is 0 Å². The first kappa shape index (κ1) is 28.3. The molecule has 0 aliphatic carbocycles. The van der Waals surface area contributed by atoms with E-state index in [2.05, 4.69) is 179 Å². The van der Waals surface area contributed by atoms with E-state index in [9.17, 15) is 0 Å². The minimum atomic E-state index is 0.703. The van der Waals surface area contributed by atoms with Gasteiger partial charge < -0.3 is 4.57 Å². The second-order valence-corrected chi connectivity index (χ2v) is 14.0. The normalized spacial score (nSPS) is 11.9. The van der Waals surface area contributed by atoms with E-state index < -0.39 is 0 Å². The molecule has 0 saturated heterocycles. The van der Waals surface area contributed by atoms with E-state index in [0.717, 1.165) is 43.7 Å². The number of fused-ring (bicyclic) bond motifs is 9. The molecule has 4 aromatic heterocycles. The van der Waals surface area contributed by atoms with Crippen LogP contribution in [-0.4, -0.2) is 19.1 Å². The lowest BCUT2D eigenvalue weighted by molar-refractivity contribution is 1.08. The van der Waals surface area contributed by atoms with Crippen molar-refractivity contribution in [3.8, 4) is 34.0 Å². The summed E-state index contributed by atoms with van der Waals surface area (Å²) in [5, 5.41) is 6.05. The zero-order valence-corrected chi connectivity index (χ0v) is 28.2. The van der Waals surface area contributed by atoms with E-state index in [4.69, 9.17) is 9.97 Å². The van der Waals surface area contributed by atoms with Crippen molar-refractivity contribution in [2.24, 2.45) is 0 Å². The Morgan fingerprint density at radius 2 is 1.02 bits per heavy atom. The minimum absolute atomic E-state index is 0.703. The van der Waals surface area contributed by atoms with Gasteiger partial charge in [-0.3, -0.25) is 4.57 Å². The highest BCUT2D eigenvalue weighted by atomic mass is 32.1. The molecule has 4 heterocycles. The van der Waals surface area contributed by atoms with Crippen LogP contribution in [0.4, 0.5) is 0 Å². The van der Waals surface area contributed by atoms with Crippen LogP contribution in [0.1, 0.15) is 0 Å². The number of rotatable bonds is 4. The Morgan fingerprint density at radius 3 is 1.78 bits per heavy atom. The first-order chi connectivity index (χ1) is 25.3. The maximum absolute atomic E-state index is 5.51. The molecule has 0 spiro atoms. The largest absolute Gasteiger partial charge is 0.309 e. The topological polar surface area (TPSA) is 35.6 Å². The smallest absolute Gasteiger partial charge is 0.162 e. The molecule has 0 N–H and O–H groups in total. The SMILES string of the molecule is c1ccc(-c2cccc3c2c2ccccc2n3-c2nc(-c3cccc(-n4c5ccccc5c5ccccc54)c3)nc3c2sc2ccccc23)cc1. The molecule has 11 aromatic rings. The molecular weight excluding hydrogens is 641 g/mol. The van der Waals surface area contributed by atoms with E-state index in [1.54, 1.807) is 11.3 Å². The molecule has 0 amide bonds. The molecule has 0 aliphatic heterocycles. The minimum Gasteiger partial charge on any atom is -0.309 e. The Labute approximate surface area is 297 Å². The van der Waals surface area contributed by atoms with Crippen LogP contribution in [0.5, 0.6) is 0 Å². The summed E-state index contributed by atoms with van der Waals surface area (Å²) in [4.78, 5) is 10.9. The molecule has 0 aliphatic rings. The number of benzene rings is 7.